The van der Waals surface area contributed by atoms with Crippen LogP contribution in [0.15, 0.2) is 29.6 Å². The molecule has 1 atom stereocenters. The molecule has 0 saturated carbocycles. The predicted molar refractivity (Wildman–Crippen MR) is 69.9 cm³/mol. The molecule has 3 nitrogen and oxygen atoms in total. The Hall–Kier alpha value is -1.55. The van der Waals surface area contributed by atoms with E-state index in [0.29, 0.717) is 0 Å². The number of rotatable bonds is 3. The molecular formula is C13H14N2OS. The largest absolute Gasteiger partial charge is 0.488 e. The molecule has 0 aliphatic carbocycles. The summed E-state index contributed by atoms with van der Waals surface area (Å²) in [6.45, 7) is 2.81. The summed E-state index contributed by atoms with van der Waals surface area (Å²) in [5.41, 5.74) is 2.36. The van der Waals surface area contributed by atoms with Crippen molar-refractivity contribution in [2.24, 2.45) is 0 Å². The molecule has 0 fully saturated rings. The van der Waals surface area contributed by atoms with Crippen molar-refractivity contribution in [3.8, 4) is 5.75 Å². The molecule has 1 aromatic carbocycles. The molecule has 4 heteroatoms. The van der Waals surface area contributed by atoms with Crippen molar-refractivity contribution >= 4 is 16.5 Å². The summed E-state index contributed by atoms with van der Waals surface area (Å²) in [4.78, 5) is 4.37. The van der Waals surface area contributed by atoms with Gasteiger partial charge in [0.05, 0.1) is 12.2 Å². The fourth-order valence-electron chi connectivity index (χ4n) is 2.00. The number of fused-ring (bicyclic) bond motifs is 1. The summed E-state index contributed by atoms with van der Waals surface area (Å²) >= 11 is 1.64. The van der Waals surface area contributed by atoms with Crippen LogP contribution >= 0.6 is 11.3 Å². The standard InChI is InChI=1S/C13H14N2OS/c1-9-8-17-13(15-9)14-7-11-6-10-4-2-3-5-12(10)16-11/h2-5,8,11H,6-7H2,1H3,(H,14,15). The van der Waals surface area contributed by atoms with E-state index in [-0.39, 0.29) is 6.10 Å². The lowest BCUT2D eigenvalue weighted by Crippen LogP contribution is -2.23. The first-order valence-corrected chi connectivity index (χ1v) is 6.60. The van der Waals surface area contributed by atoms with Crippen LogP contribution in [0.5, 0.6) is 5.75 Å². The zero-order chi connectivity index (χ0) is 11.7. The Balaban J connectivity index is 1.59. The monoisotopic (exact) mass is 246 g/mol. The number of thiazole rings is 1. The number of anilines is 1. The van der Waals surface area contributed by atoms with Gasteiger partial charge in [-0.2, -0.15) is 0 Å². The number of hydrogen-bond donors (Lipinski definition) is 1. The van der Waals surface area contributed by atoms with Crippen LogP contribution in [0, 0.1) is 6.92 Å². The first kappa shape index (κ1) is 10.6. The molecule has 88 valence electrons. The van der Waals surface area contributed by atoms with E-state index in [4.69, 9.17) is 4.74 Å². The van der Waals surface area contributed by atoms with Crippen LogP contribution in [0.3, 0.4) is 0 Å². The van der Waals surface area contributed by atoms with Crippen LogP contribution in [0.2, 0.25) is 0 Å². The summed E-state index contributed by atoms with van der Waals surface area (Å²) in [5.74, 6) is 1.02. The number of aryl methyl sites for hydroxylation is 1. The van der Waals surface area contributed by atoms with E-state index >= 15 is 0 Å². The van der Waals surface area contributed by atoms with E-state index in [2.05, 4.69) is 22.4 Å². The van der Waals surface area contributed by atoms with E-state index in [1.165, 1.54) is 5.56 Å². The number of nitrogens with zero attached hydrogens (tertiary/aromatic N) is 1. The highest BCUT2D eigenvalue weighted by atomic mass is 32.1. The van der Waals surface area contributed by atoms with Crippen molar-refractivity contribution in [3.05, 3.63) is 40.9 Å². The maximum Gasteiger partial charge on any atom is 0.182 e. The van der Waals surface area contributed by atoms with Crippen LogP contribution in [0.25, 0.3) is 0 Å². The summed E-state index contributed by atoms with van der Waals surface area (Å²) in [6.07, 6.45) is 1.20. The van der Waals surface area contributed by atoms with Crippen LogP contribution in [0.4, 0.5) is 5.13 Å². The lowest BCUT2D eigenvalue weighted by molar-refractivity contribution is 0.246. The number of benzene rings is 1. The Bertz CT molecular complexity index is 499. The molecule has 1 aromatic heterocycles. The first-order valence-electron chi connectivity index (χ1n) is 5.72. The minimum Gasteiger partial charge on any atom is -0.488 e. The fourth-order valence-corrected chi connectivity index (χ4v) is 2.70. The second kappa shape index (κ2) is 4.37. The van der Waals surface area contributed by atoms with Crippen LogP contribution < -0.4 is 10.1 Å². The third kappa shape index (κ3) is 2.26. The third-order valence-corrected chi connectivity index (χ3v) is 3.73. The van der Waals surface area contributed by atoms with Gasteiger partial charge in [0, 0.05) is 11.8 Å². The SMILES string of the molecule is Cc1csc(NCC2Cc3ccccc3O2)n1. The number of aromatic nitrogens is 1. The molecule has 1 aliphatic rings. The smallest absolute Gasteiger partial charge is 0.182 e. The van der Waals surface area contributed by atoms with E-state index in [9.17, 15) is 0 Å². The number of nitrogens with one attached hydrogen (secondary N) is 1. The molecule has 0 saturated heterocycles. The molecule has 1 N–H and O–H groups in total. The van der Waals surface area contributed by atoms with Crippen molar-refractivity contribution in [2.45, 2.75) is 19.4 Å². The van der Waals surface area contributed by atoms with Crippen molar-refractivity contribution in [2.75, 3.05) is 11.9 Å². The minimum atomic E-state index is 0.219. The Morgan fingerprint density at radius 1 is 1.47 bits per heavy atom. The molecule has 0 spiro atoms. The Kier molecular flexibility index (Phi) is 2.73. The van der Waals surface area contributed by atoms with Gasteiger partial charge in [0.25, 0.3) is 0 Å². The van der Waals surface area contributed by atoms with Gasteiger partial charge < -0.3 is 10.1 Å². The number of hydrogen-bond acceptors (Lipinski definition) is 4. The van der Waals surface area contributed by atoms with Gasteiger partial charge in [-0.3, -0.25) is 0 Å². The number of para-hydroxylation sites is 1. The maximum atomic E-state index is 5.85. The van der Waals surface area contributed by atoms with Crippen LogP contribution in [-0.2, 0) is 6.42 Å². The van der Waals surface area contributed by atoms with E-state index in [1.807, 2.05) is 24.4 Å². The fraction of sp³-hybridized carbons (Fsp3) is 0.308. The van der Waals surface area contributed by atoms with Gasteiger partial charge >= 0.3 is 0 Å². The second-order valence-electron chi connectivity index (χ2n) is 4.23. The molecule has 0 amide bonds. The predicted octanol–water partition coefficient (Wildman–Crippen LogP) is 2.87. The Labute approximate surface area is 104 Å². The van der Waals surface area contributed by atoms with E-state index in [1.54, 1.807) is 11.3 Å². The zero-order valence-corrected chi connectivity index (χ0v) is 10.5. The molecular weight excluding hydrogens is 232 g/mol. The highest BCUT2D eigenvalue weighted by molar-refractivity contribution is 7.13. The van der Waals surface area contributed by atoms with Crippen LogP contribution in [-0.4, -0.2) is 17.6 Å². The van der Waals surface area contributed by atoms with Gasteiger partial charge in [-0.1, -0.05) is 18.2 Å². The number of ether oxygens (including phenoxy) is 1. The minimum absolute atomic E-state index is 0.219. The van der Waals surface area contributed by atoms with Gasteiger partial charge in [-0.05, 0) is 18.6 Å². The molecule has 2 heterocycles. The van der Waals surface area contributed by atoms with Crippen molar-refractivity contribution in [3.63, 3.8) is 0 Å². The van der Waals surface area contributed by atoms with Gasteiger partial charge in [0.1, 0.15) is 11.9 Å². The Morgan fingerprint density at radius 3 is 3.12 bits per heavy atom. The average molecular weight is 246 g/mol. The van der Waals surface area contributed by atoms with Gasteiger partial charge in [0.15, 0.2) is 5.13 Å². The summed E-state index contributed by atoms with van der Waals surface area (Å²) in [5, 5.41) is 6.35. The summed E-state index contributed by atoms with van der Waals surface area (Å²) < 4.78 is 5.85. The average Bonchev–Trinajstić information content (AvgIpc) is 2.91. The third-order valence-electron chi connectivity index (χ3n) is 2.81. The summed E-state index contributed by atoms with van der Waals surface area (Å²) in [7, 11) is 0. The zero-order valence-electron chi connectivity index (χ0n) is 9.64. The van der Waals surface area contributed by atoms with Crippen LogP contribution in [0.1, 0.15) is 11.3 Å². The van der Waals surface area contributed by atoms with Gasteiger partial charge in [-0.15, -0.1) is 11.3 Å². The maximum absolute atomic E-state index is 5.85. The highest BCUT2D eigenvalue weighted by Crippen LogP contribution is 2.28. The van der Waals surface area contributed by atoms with E-state index < -0.39 is 0 Å². The quantitative estimate of drug-likeness (QED) is 0.904. The normalized spacial score (nSPS) is 17.6. The van der Waals surface area contributed by atoms with Gasteiger partial charge in [0.2, 0.25) is 0 Å². The molecule has 0 radical (unpaired) electrons. The molecule has 1 unspecified atom stereocenters. The lowest BCUT2D eigenvalue weighted by atomic mass is 10.1. The highest BCUT2D eigenvalue weighted by Gasteiger charge is 2.21. The topological polar surface area (TPSA) is 34.1 Å². The van der Waals surface area contributed by atoms with Crippen molar-refractivity contribution in [1.29, 1.82) is 0 Å². The Morgan fingerprint density at radius 2 is 2.35 bits per heavy atom. The molecule has 0 bridgehead atoms. The summed E-state index contributed by atoms with van der Waals surface area (Å²) in [6, 6.07) is 8.23. The van der Waals surface area contributed by atoms with Crippen molar-refractivity contribution in [1.82, 2.24) is 4.98 Å². The molecule has 2 aromatic rings. The van der Waals surface area contributed by atoms with E-state index in [0.717, 1.165) is 29.5 Å². The lowest BCUT2D eigenvalue weighted by Gasteiger charge is -2.10. The van der Waals surface area contributed by atoms with Gasteiger partial charge in [-0.25, -0.2) is 4.98 Å². The molecule has 1 aliphatic heterocycles. The molecule has 3 rings (SSSR count). The second-order valence-corrected chi connectivity index (χ2v) is 5.08. The molecule has 17 heavy (non-hydrogen) atoms. The van der Waals surface area contributed by atoms with Crippen molar-refractivity contribution < 1.29 is 4.74 Å². The first-order chi connectivity index (χ1) is 8.31.